The quantitative estimate of drug-likeness (QED) is 0.768. The van der Waals surface area contributed by atoms with Gasteiger partial charge in [0.2, 0.25) is 5.28 Å². The highest BCUT2D eigenvalue weighted by atomic mass is 35.5. The number of nitrogens with one attached hydrogen (secondary N) is 1. The molecule has 74 valence electrons. The van der Waals surface area contributed by atoms with Gasteiger partial charge in [-0.1, -0.05) is 0 Å². The summed E-state index contributed by atoms with van der Waals surface area (Å²) in [4.78, 5) is 17.3. The lowest BCUT2D eigenvalue weighted by molar-refractivity contribution is 0.0697. The van der Waals surface area contributed by atoms with Gasteiger partial charge >= 0.3 is 5.97 Å². The molecule has 0 saturated carbocycles. The zero-order valence-corrected chi connectivity index (χ0v) is 8.04. The van der Waals surface area contributed by atoms with Gasteiger partial charge in [0.25, 0.3) is 0 Å². The monoisotopic (exact) mass is 221 g/mol. The molecule has 0 spiro atoms. The number of halogens is 1. The van der Waals surface area contributed by atoms with Crippen LogP contribution in [0.15, 0.2) is 12.1 Å². The number of aromatic nitrogens is 2. The van der Waals surface area contributed by atoms with Gasteiger partial charge in [-0.05, 0) is 23.7 Å². The smallest absolute Gasteiger partial charge is 0.335 e. The summed E-state index contributed by atoms with van der Waals surface area (Å²) >= 11 is 5.62. The van der Waals surface area contributed by atoms with Crippen molar-refractivity contribution in [2.75, 3.05) is 0 Å². The minimum atomic E-state index is -1.10. The summed E-state index contributed by atoms with van der Waals surface area (Å²) in [5, 5.41) is 17.7. The first-order valence-electron chi connectivity index (χ1n) is 3.94. The van der Waals surface area contributed by atoms with E-state index in [0.717, 1.165) is 0 Å². The van der Waals surface area contributed by atoms with Crippen LogP contribution in [0.1, 0.15) is 15.9 Å². The van der Waals surface area contributed by atoms with Crippen molar-refractivity contribution in [2.45, 2.75) is 0 Å². The molecule has 15 heavy (non-hydrogen) atoms. The van der Waals surface area contributed by atoms with Crippen LogP contribution >= 0.6 is 11.6 Å². The van der Waals surface area contributed by atoms with Crippen LogP contribution < -0.4 is 0 Å². The predicted octanol–water partition coefficient (Wildman–Crippen LogP) is 1.79. The van der Waals surface area contributed by atoms with Gasteiger partial charge in [0.1, 0.15) is 11.6 Å². The van der Waals surface area contributed by atoms with Crippen molar-refractivity contribution in [3.63, 3.8) is 0 Å². The molecule has 0 radical (unpaired) electrons. The lowest BCUT2D eigenvalue weighted by Gasteiger charge is -1.95. The maximum Gasteiger partial charge on any atom is 0.335 e. The molecule has 0 aliphatic carbocycles. The maximum absolute atomic E-state index is 10.7. The first-order chi connectivity index (χ1) is 7.11. The number of hydrogen-bond donors (Lipinski definition) is 2. The van der Waals surface area contributed by atoms with Crippen LogP contribution in [0.2, 0.25) is 5.28 Å². The predicted molar refractivity (Wildman–Crippen MR) is 52.8 cm³/mol. The summed E-state index contributed by atoms with van der Waals surface area (Å²) in [6.07, 6.45) is 0. The maximum atomic E-state index is 10.7. The Kier molecular flexibility index (Phi) is 2.06. The molecule has 0 bridgehead atoms. The molecule has 0 aliphatic rings. The zero-order chi connectivity index (χ0) is 11.0. The fourth-order valence-electron chi connectivity index (χ4n) is 1.30. The lowest BCUT2D eigenvalue weighted by Crippen LogP contribution is -1.97. The number of fused-ring (bicyclic) bond motifs is 1. The van der Waals surface area contributed by atoms with E-state index >= 15 is 0 Å². The Morgan fingerprint density at radius 1 is 1.60 bits per heavy atom. The minimum Gasteiger partial charge on any atom is -0.478 e. The van der Waals surface area contributed by atoms with E-state index in [2.05, 4.69) is 9.97 Å². The third-order valence-corrected chi connectivity index (χ3v) is 2.10. The number of H-pyrrole nitrogens is 1. The van der Waals surface area contributed by atoms with Gasteiger partial charge in [-0.25, -0.2) is 9.78 Å². The zero-order valence-electron chi connectivity index (χ0n) is 7.28. The van der Waals surface area contributed by atoms with Crippen LogP contribution in [-0.4, -0.2) is 21.0 Å². The Morgan fingerprint density at radius 3 is 2.93 bits per heavy atom. The second-order valence-electron chi connectivity index (χ2n) is 2.86. The molecule has 0 unspecified atom stereocenters. The molecule has 2 N–H and O–H groups in total. The van der Waals surface area contributed by atoms with Crippen molar-refractivity contribution in [1.82, 2.24) is 9.97 Å². The molecule has 1 aromatic heterocycles. The molecule has 0 fully saturated rings. The highest BCUT2D eigenvalue weighted by molar-refractivity contribution is 6.29. The number of nitrogens with zero attached hydrogens (tertiary/aromatic N) is 2. The first kappa shape index (κ1) is 9.49. The summed E-state index contributed by atoms with van der Waals surface area (Å²) in [5.41, 5.74) is 1.04. The third kappa shape index (κ3) is 1.51. The molecule has 2 aromatic rings. The molecule has 0 saturated heterocycles. The number of carboxylic acid groups (broad SMARTS) is 1. The van der Waals surface area contributed by atoms with E-state index in [9.17, 15) is 4.79 Å². The number of nitriles is 1. The van der Waals surface area contributed by atoms with Gasteiger partial charge in [0.15, 0.2) is 0 Å². The van der Waals surface area contributed by atoms with E-state index in [1.165, 1.54) is 12.1 Å². The SMILES string of the molecule is N#Cc1cc(C(=O)O)cc2[nH]c(Cl)nc12. The van der Waals surface area contributed by atoms with Crippen molar-refractivity contribution in [1.29, 1.82) is 5.26 Å². The van der Waals surface area contributed by atoms with Crippen LogP contribution in [0.4, 0.5) is 0 Å². The summed E-state index contributed by atoms with van der Waals surface area (Å²) in [6.45, 7) is 0. The van der Waals surface area contributed by atoms with Gasteiger partial charge in [0.05, 0.1) is 16.6 Å². The van der Waals surface area contributed by atoms with Crippen LogP contribution in [0.5, 0.6) is 0 Å². The molecule has 1 heterocycles. The van der Waals surface area contributed by atoms with E-state index in [1.807, 2.05) is 6.07 Å². The van der Waals surface area contributed by atoms with Crippen LogP contribution in [0, 0.1) is 11.3 Å². The van der Waals surface area contributed by atoms with Gasteiger partial charge in [-0.3, -0.25) is 0 Å². The largest absolute Gasteiger partial charge is 0.478 e. The van der Waals surface area contributed by atoms with Crippen LogP contribution in [0.3, 0.4) is 0 Å². The Balaban J connectivity index is 2.83. The van der Waals surface area contributed by atoms with Gasteiger partial charge in [-0.15, -0.1) is 0 Å². The molecule has 0 atom stereocenters. The third-order valence-electron chi connectivity index (χ3n) is 1.93. The average molecular weight is 222 g/mol. The van der Waals surface area contributed by atoms with Crippen molar-refractivity contribution in [2.24, 2.45) is 0 Å². The average Bonchev–Trinajstić information content (AvgIpc) is 2.56. The van der Waals surface area contributed by atoms with Crippen molar-refractivity contribution < 1.29 is 9.90 Å². The van der Waals surface area contributed by atoms with E-state index in [-0.39, 0.29) is 16.4 Å². The summed E-state index contributed by atoms with van der Waals surface area (Å²) in [5.74, 6) is -1.10. The Bertz CT molecular complexity index is 597. The van der Waals surface area contributed by atoms with Crippen LogP contribution in [0.25, 0.3) is 11.0 Å². The topological polar surface area (TPSA) is 89.8 Å². The van der Waals surface area contributed by atoms with Crippen molar-refractivity contribution in [3.8, 4) is 6.07 Å². The van der Waals surface area contributed by atoms with Crippen molar-refractivity contribution in [3.05, 3.63) is 28.5 Å². The highest BCUT2D eigenvalue weighted by Crippen LogP contribution is 2.20. The van der Waals surface area contributed by atoms with Gasteiger partial charge < -0.3 is 10.1 Å². The summed E-state index contributed by atoms with van der Waals surface area (Å²) in [6, 6.07) is 4.53. The minimum absolute atomic E-state index is 0.0272. The second kappa shape index (κ2) is 3.26. The second-order valence-corrected chi connectivity index (χ2v) is 3.22. The molecular weight excluding hydrogens is 218 g/mol. The summed E-state index contributed by atoms with van der Waals surface area (Å²) in [7, 11) is 0. The molecule has 5 nitrogen and oxygen atoms in total. The number of imidazole rings is 1. The molecule has 2 rings (SSSR count). The number of aromatic amines is 1. The summed E-state index contributed by atoms with van der Waals surface area (Å²) < 4.78 is 0. The fourth-order valence-corrected chi connectivity index (χ4v) is 1.48. The van der Waals surface area contributed by atoms with Crippen molar-refractivity contribution >= 4 is 28.6 Å². The fraction of sp³-hybridized carbons (Fsp3) is 0. The number of hydrogen-bond acceptors (Lipinski definition) is 3. The molecular formula is C9H4ClN3O2. The number of aromatic carboxylic acids is 1. The van der Waals surface area contributed by atoms with E-state index < -0.39 is 5.97 Å². The molecule has 0 amide bonds. The Labute approximate surface area is 88.9 Å². The number of rotatable bonds is 1. The number of carbonyl (C=O) groups is 1. The molecule has 1 aromatic carbocycles. The molecule has 6 heteroatoms. The standard InChI is InChI=1S/C9H4ClN3O2/c10-9-12-6-2-4(8(14)15)1-5(3-11)7(6)13-9/h1-2H,(H,12,13)(H,14,15). The first-order valence-corrected chi connectivity index (χ1v) is 4.32. The van der Waals surface area contributed by atoms with E-state index in [4.69, 9.17) is 22.0 Å². The normalized spacial score (nSPS) is 10.1. The van der Waals surface area contributed by atoms with E-state index in [0.29, 0.717) is 11.0 Å². The Morgan fingerprint density at radius 2 is 2.33 bits per heavy atom. The Hall–Kier alpha value is -2.06. The van der Waals surface area contributed by atoms with E-state index in [1.54, 1.807) is 0 Å². The van der Waals surface area contributed by atoms with Crippen LogP contribution in [-0.2, 0) is 0 Å². The molecule has 0 aliphatic heterocycles. The van der Waals surface area contributed by atoms with Gasteiger partial charge in [-0.2, -0.15) is 5.26 Å². The number of benzene rings is 1. The lowest BCUT2D eigenvalue weighted by atomic mass is 10.1. The number of carboxylic acids is 1. The van der Waals surface area contributed by atoms with Gasteiger partial charge in [0, 0.05) is 0 Å². The highest BCUT2D eigenvalue weighted by Gasteiger charge is 2.11.